The van der Waals surface area contributed by atoms with E-state index in [-0.39, 0.29) is 5.91 Å². The summed E-state index contributed by atoms with van der Waals surface area (Å²) < 4.78 is 6.82. The molecule has 0 spiro atoms. The Hall–Kier alpha value is -1.49. The highest BCUT2D eigenvalue weighted by atomic mass is 16.5. The molecule has 0 aliphatic heterocycles. The van der Waals surface area contributed by atoms with Crippen LogP contribution in [0.5, 0.6) is 0 Å². The molecule has 1 saturated carbocycles. The van der Waals surface area contributed by atoms with Crippen LogP contribution in [-0.4, -0.2) is 41.7 Å². The summed E-state index contributed by atoms with van der Waals surface area (Å²) in [5.41, 5.74) is 6.96. The lowest BCUT2D eigenvalue weighted by Gasteiger charge is -2.22. The number of aromatic nitrogens is 1. The Bertz CT molecular complexity index is 410. The molecule has 1 amide bonds. The highest BCUT2D eigenvalue weighted by Crippen LogP contribution is 2.28. The Balaban J connectivity index is 2.12. The molecule has 17 heavy (non-hydrogen) atoms. The lowest BCUT2D eigenvalue weighted by Crippen LogP contribution is -2.36. The first-order chi connectivity index (χ1) is 8.13. The van der Waals surface area contributed by atoms with E-state index >= 15 is 0 Å². The molecule has 0 aromatic carbocycles. The number of anilines is 1. The van der Waals surface area contributed by atoms with Crippen molar-refractivity contribution in [1.82, 2.24) is 9.47 Å². The number of nitrogens with two attached hydrogens (primary N) is 1. The molecule has 1 aromatic rings. The summed E-state index contributed by atoms with van der Waals surface area (Å²) >= 11 is 0. The molecule has 0 radical (unpaired) electrons. The number of aryl methyl sites for hydroxylation is 1. The smallest absolute Gasteiger partial charge is 0.270 e. The van der Waals surface area contributed by atoms with Gasteiger partial charge in [0.05, 0.1) is 12.3 Å². The highest BCUT2D eigenvalue weighted by molar-refractivity contribution is 5.94. The van der Waals surface area contributed by atoms with Crippen molar-refractivity contribution in [2.24, 2.45) is 7.05 Å². The number of hydrogen-bond acceptors (Lipinski definition) is 3. The van der Waals surface area contributed by atoms with E-state index in [0.29, 0.717) is 30.6 Å². The third kappa shape index (κ3) is 2.61. The van der Waals surface area contributed by atoms with Gasteiger partial charge in [0.2, 0.25) is 0 Å². The van der Waals surface area contributed by atoms with Crippen molar-refractivity contribution in [3.63, 3.8) is 0 Å². The largest absolute Gasteiger partial charge is 0.397 e. The van der Waals surface area contributed by atoms with Crippen LogP contribution in [-0.2, 0) is 11.8 Å². The average molecular weight is 237 g/mol. The van der Waals surface area contributed by atoms with Crippen LogP contribution in [0.25, 0.3) is 0 Å². The number of nitrogen functional groups attached to an aromatic ring is 1. The van der Waals surface area contributed by atoms with Gasteiger partial charge in [0, 0.05) is 32.9 Å². The highest BCUT2D eigenvalue weighted by Gasteiger charge is 2.33. The molecule has 1 fully saturated rings. The number of amides is 1. The number of carbonyl (C=O) groups excluding carboxylic acids is 1. The van der Waals surface area contributed by atoms with Gasteiger partial charge in [-0.2, -0.15) is 0 Å². The van der Waals surface area contributed by atoms with Gasteiger partial charge in [0.25, 0.3) is 5.91 Å². The van der Waals surface area contributed by atoms with Crippen molar-refractivity contribution in [2.45, 2.75) is 18.9 Å². The van der Waals surface area contributed by atoms with Crippen LogP contribution in [0.15, 0.2) is 12.3 Å². The fourth-order valence-corrected chi connectivity index (χ4v) is 1.98. The molecule has 0 atom stereocenters. The normalized spacial score (nSPS) is 14.9. The molecule has 2 rings (SSSR count). The first kappa shape index (κ1) is 12.0. The zero-order chi connectivity index (χ0) is 12.4. The van der Waals surface area contributed by atoms with Crippen LogP contribution in [0.2, 0.25) is 0 Å². The molecule has 0 saturated heterocycles. The summed E-state index contributed by atoms with van der Waals surface area (Å²) in [6.07, 6.45) is 3.94. The molecule has 1 aromatic heterocycles. The summed E-state index contributed by atoms with van der Waals surface area (Å²) in [6.45, 7) is 1.22. The lowest BCUT2D eigenvalue weighted by atomic mass is 10.3. The van der Waals surface area contributed by atoms with E-state index in [4.69, 9.17) is 10.5 Å². The van der Waals surface area contributed by atoms with Crippen molar-refractivity contribution in [3.05, 3.63) is 18.0 Å². The molecule has 94 valence electrons. The maximum absolute atomic E-state index is 12.4. The summed E-state index contributed by atoms with van der Waals surface area (Å²) in [4.78, 5) is 14.2. The van der Waals surface area contributed by atoms with Crippen molar-refractivity contribution < 1.29 is 9.53 Å². The molecular formula is C12H19N3O2. The van der Waals surface area contributed by atoms with Crippen molar-refractivity contribution in [2.75, 3.05) is 26.0 Å². The lowest BCUT2D eigenvalue weighted by molar-refractivity contribution is 0.0671. The van der Waals surface area contributed by atoms with Gasteiger partial charge in [-0.3, -0.25) is 4.79 Å². The second kappa shape index (κ2) is 4.79. The Labute approximate surface area is 101 Å². The zero-order valence-electron chi connectivity index (χ0n) is 10.3. The number of carbonyl (C=O) groups is 1. The molecule has 5 heteroatoms. The predicted octanol–water partition coefficient (Wildman–Crippen LogP) is 0.858. The van der Waals surface area contributed by atoms with Gasteiger partial charge in [-0.25, -0.2) is 0 Å². The maximum atomic E-state index is 12.4. The summed E-state index contributed by atoms with van der Waals surface area (Å²) in [6, 6.07) is 2.11. The van der Waals surface area contributed by atoms with Crippen molar-refractivity contribution in [3.8, 4) is 0 Å². The van der Waals surface area contributed by atoms with Gasteiger partial charge in [0.15, 0.2) is 0 Å². The Morgan fingerprint density at radius 3 is 2.82 bits per heavy atom. The van der Waals surface area contributed by atoms with E-state index < -0.39 is 0 Å². The van der Waals surface area contributed by atoms with E-state index in [1.807, 2.05) is 11.9 Å². The molecule has 2 N–H and O–H groups in total. The fraction of sp³-hybridized carbons (Fsp3) is 0.583. The van der Waals surface area contributed by atoms with Crippen LogP contribution in [0.4, 0.5) is 5.69 Å². The molecular weight excluding hydrogens is 218 g/mol. The van der Waals surface area contributed by atoms with Crippen molar-refractivity contribution >= 4 is 11.6 Å². The van der Waals surface area contributed by atoms with Gasteiger partial charge in [-0.1, -0.05) is 0 Å². The summed E-state index contributed by atoms with van der Waals surface area (Å²) in [5.74, 6) is 0.0451. The van der Waals surface area contributed by atoms with Crippen LogP contribution >= 0.6 is 0 Å². The predicted molar refractivity (Wildman–Crippen MR) is 65.8 cm³/mol. The first-order valence-corrected chi connectivity index (χ1v) is 5.85. The van der Waals surface area contributed by atoms with Crippen molar-refractivity contribution in [1.29, 1.82) is 0 Å². The number of nitrogens with zero attached hydrogens (tertiary/aromatic N) is 2. The summed E-state index contributed by atoms with van der Waals surface area (Å²) in [5, 5.41) is 0. The van der Waals surface area contributed by atoms with Gasteiger partial charge in [0.1, 0.15) is 5.69 Å². The van der Waals surface area contributed by atoms with Gasteiger partial charge < -0.3 is 19.9 Å². The topological polar surface area (TPSA) is 60.5 Å². The minimum Gasteiger partial charge on any atom is -0.397 e. The zero-order valence-corrected chi connectivity index (χ0v) is 10.3. The third-order valence-electron chi connectivity index (χ3n) is 3.03. The number of hydrogen-bond donors (Lipinski definition) is 1. The molecule has 5 nitrogen and oxygen atoms in total. The number of methoxy groups -OCH3 is 1. The van der Waals surface area contributed by atoms with E-state index in [0.717, 1.165) is 12.8 Å². The Kier molecular flexibility index (Phi) is 3.38. The van der Waals surface area contributed by atoms with E-state index in [9.17, 15) is 4.79 Å². The maximum Gasteiger partial charge on any atom is 0.270 e. The second-order valence-electron chi connectivity index (χ2n) is 4.49. The third-order valence-corrected chi connectivity index (χ3v) is 3.03. The van der Waals surface area contributed by atoms with Crippen LogP contribution < -0.4 is 5.73 Å². The Morgan fingerprint density at radius 1 is 1.65 bits per heavy atom. The second-order valence-corrected chi connectivity index (χ2v) is 4.49. The first-order valence-electron chi connectivity index (χ1n) is 5.85. The van der Waals surface area contributed by atoms with Crippen LogP contribution in [0, 0.1) is 0 Å². The average Bonchev–Trinajstić information content (AvgIpc) is 3.05. The SMILES string of the molecule is COCCN(C(=O)c1cc(N)cn1C)C1CC1. The van der Waals surface area contributed by atoms with E-state index in [1.54, 1.807) is 23.9 Å². The summed E-state index contributed by atoms with van der Waals surface area (Å²) in [7, 11) is 3.49. The van der Waals surface area contributed by atoms with Gasteiger partial charge in [-0.15, -0.1) is 0 Å². The fourth-order valence-electron chi connectivity index (χ4n) is 1.98. The van der Waals surface area contributed by atoms with Gasteiger partial charge >= 0.3 is 0 Å². The Morgan fingerprint density at radius 2 is 2.35 bits per heavy atom. The number of ether oxygens (including phenoxy) is 1. The number of rotatable bonds is 5. The molecule has 0 bridgehead atoms. The standard InChI is InChI=1S/C12H19N3O2/c1-14-8-9(13)7-11(14)12(16)15(5-6-17-2)10-3-4-10/h7-8,10H,3-6,13H2,1-2H3. The monoisotopic (exact) mass is 237 g/mol. The van der Waals surface area contributed by atoms with E-state index in [2.05, 4.69) is 0 Å². The van der Waals surface area contributed by atoms with Crippen LogP contribution in [0.1, 0.15) is 23.3 Å². The molecule has 1 aliphatic rings. The molecule has 0 unspecified atom stereocenters. The minimum atomic E-state index is 0.0451. The minimum absolute atomic E-state index is 0.0451. The van der Waals surface area contributed by atoms with Crippen LogP contribution in [0.3, 0.4) is 0 Å². The van der Waals surface area contributed by atoms with E-state index in [1.165, 1.54) is 0 Å². The van der Waals surface area contributed by atoms with Gasteiger partial charge in [-0.05, 0) is 18.9 Å². The molecule has 1 aliphatic carbocycles. The molecule has 1 heterocycles. The quantitative estimate of drug-likeness (QED) is 0.826.